The van der Waals surface area contributed by atoms with Gasteiger partial charge in [-0.15, -0.1) is 0 Å². The average molecular weight is 657 g/mol. The molecule has 0 atom stereocenters. The van der Waals surface area contributed by atoms with Gasteiger partial charge in [-0.25, -0.2) is 0 Å². The Morgan fingerprint density at radius 2 is 0.756 bits per heavy atom. The molecular formula is C30H57O7PS3. The highest BCUT2D eigenvalue weighted by Gasteiger charge is 2.29. The van der Waals surface area contributed by atoms with E-state index in [9.17, 15) is 18.9 Å². The summed E-state index contributed by atoms with van der Waals surface area (Å²) in [6, 6.07) is 0. The number of ether oxygens (including phenoxy) is 3. The van der Waals surface area contributed by atoms with Crippen LogP contribution in [-0.4, -0.2) is 55.0 Å². The van der Waals surface area contributed by atoms with E-state index in [2.05, 4.69) is 41.5 Å². The monoisotopic (exact) mass is 656 g/mol. The van der Waals surface area contributed by atoms with Crippen LogP contribution in [0.3, 0.4) is 0 Å². The topological polar surface area (TPSA) is 96.0 Å². The van der Waals surface area contributed by atoms with Crippen molar-refractivity contribution in [3.05, 3.63) is 0 Å². The van der Waals surface area contributed by atoms with Crippen LogP contribution in [0.5, 0.6) is 0 Å². The molecule has 0 radical (unpaired) electrons. The summed E-state index contributed by atoms with van der Waals surface area (Å²) in [5.41, 5.74) is 0. The van der Waals surface area contributed by atoms with Crippen LogP contribution >= 0.6 is 38.9 Å². The first-order chi connectivity index (χ1) is 19.4. The van der Waals surface area contributed by atoms with Crippen LogP contribution in [0.15, 0.2) is 0 Å². The summed E-state index contributed by atoms with van der Waals surface area (Å²) in [6.45, 7) is 14.2. The van der Waals surface area contributed by atoms with Crippen molar-refractivity contribution in [1.29, 1.82) is 0 Å². The molecule has 0 aliphatic rings. The molecule has 0 amide bonds. The predicted molar refractivity (Wildman–Crippen MR) is 178 cm³/mol. The fraction of sp³-hybridized carbons (Fsp3) is 0.900. The Morgan fingerprint density at radius 1 is 0.488 bits per heavy atom. The quantitative estimate of drug-likeness (QED) is 0.0368. The predicted octanol–water partition coefficient (Wildman–Crippen LogP) is 9.57. The molecule has 0 aliphatic heterocycles. The number of unbranched alkanes of at least 4 members (excludes halogenated alkanes) is 6. The van der Waals surface area contributed by atoms with Crippen LogP contribution in [-0.2, 0) is 33.2 Å². The van der Waals surface area contributed by atoms with Crippen molar-refractivity contribution in [1.82, 2.24) is 0 Å². The fourth-order valence-electron chi connectivity index (χ4n) is 3.68. The van der Waals surface area contributed by atoms with Gasteiger partial charge in [0.1, 0.15) is 0 Å². The van der Waals surface area contributed by atoms with E-state index in [1.165, 1.54) is 0 Å². The summed E-state index contributed by atoms with van der Waals surface area (Å²) >= 11 is 2.86. The zero-order valence-electron chi connectivity index (χ0n) is 26.5. The molecule has 11 heteroatoms. The molecule has 7 nitrogen and oxygen atoms in total. The van der Waals surface area contributed by atoms with Gasteiger partial charge in [-0.2, -0.15) is 0 Å². The Morgan fingerprint density at radius 3 is 1.00 bits per heavy atom. The number of hydrogen-bond acceptors (Lipinski definition) is 10. The van der Waals surface area contributed by atoms with E-state index in [0.29, 0.717) is 37.6 Å². The third-order valence-corrected chi connectivity index (χ3v) is 17.8. The van der Waals surface area contributed by atoms with E-state index in [1.807, 2.05) is 0 Å². The van der Waals surface area contributed by atoms with Crippen molar-refractivity contribution >= 4 is 56.8 Å². The van der Waals surface area contributed by atoms with Gasteiger partial charge in [-0.05, 0) is 37.0 Å². The summed E-state index contributed by atoms with van der Waals surface area (Å²) in [6.07, 6.45) is 12.2. The van der Waals surface area contributed by atoms with Gasteiger partial charge < -0.3 is 14.2 Å². The number of hydrogen-bond donors (Lipinski definition) is 0. The second kappa shape index (κ2) is 26.1. The summed E-state index contributed by atoms with van der Waals surface area (Å²) < 4.78 is 26.4. The first kappa shape index (κ1) is 40.7. The summed E-state index contributed by atoms with van der Waals surface area (Å²) in [4.78, 5) is 36.8. The highest BCUT2D eigenvalue weighted by atomic mass is 33.4. The van der Waals surface area contributed by atoms with Crippen LogP contribution in [0.25, 0.3) is 0 Å². The highest BCUT2D eigenvalue weighted by molar-refractivity contribution is 9.14. The number of carbonyl (C=O) groups excluding carboxylic acids is 3. The van der Waals surface area contributed by atoms with Gasteiger partial charge in [0.2, 0.25) is 4.75 Å². The van der Waals surface area contributed by atoms with Crippen LogP contribution in [0, 0.1) is 17.8 Å². The second-order valence-corrected chi connectivity index (χ2v) is 23.2. The molecule has 0 rings (SSSR count). The highest BCUT2D eigenvalue weighted by Crippen LogP contribution is 2.77. The smallest absolute Gasteiger partial charge is 0.316 e. The molecule has 242 valence electrons. The van der Waals surface area contributed by atoms with Crippen molar-refractivity contribution in [2.24, 2.45) is 17.8 Å². The van der Waals surface area contributed by atoms with Gasteiger partial charge in [-0.3, -0.25) is 18.9 Å². The third-order valence-electron chi connectivity index (χ3n) is 6.09. The van der Waals surface area contributed by atoms with Gasteiger partial charge in [0.05, 0.1) is 37.1 Å². The zero-order chi connectivity index (χ0) is 30.9. The average Bonchev–Trinajstić information content (AvgIpc) is 2.90. The molecular weight excluding hydrogens is 599 g/mol. The third kappa shape index (κ3) is 28.2. The van der Waals surface area contributed by atoms with E-state index in [4.69, 9.17) is 14.2 Å². The standard InChI is InChI=1S/C30H57O7PS3/c1-25(2)16-10-7-13-19-35-28(31)22-39-38(34,40-23-29(32)36-20-14-8-11-17-26(3)4)41-24-30(33)37-21-15-9-12-18-27(5)6/h25-27H,7-24H2,1-6H3. The lowest BCUT2D eigenvalue weighted by molar-refractivity contribution is -0.141. The van der Waals surface area contributed by atoms with E-state index in [0.717, 1.165) is 111 Å². The molecule has 0 bridgehead atoms. The van der Waals surface area contributed by atoms with Crippen LogP contribution in [0.2, 0.25) is 0 Å². The lowest BCUT2D eigenvalue weighted by atomic mass is 10.1. The van der Waals surface area contributed by atoms with Crippen molar-refractivity contribution in [3.8, 4) is 0 Å². The Kier molecular flexibility index (Phi) is 25.9. The normalized spacial score (nSPS) is 11.8. The molecule has 0 unspecified atom stereocenters. The molecule has 0 spiro atoms. The molecule has 0 fully saturated rings. The first-order valence-corrected chi connectivity index (χ1v) is 21.9. The number of rotatable bonds is 27. The van der Waals surface area contributed by atoms with Gasteiger partial charge in [-0.1, -0.05) is 133 Å². The molecule has 0 aliphatic carbocycles. The van der Waals surface area contributed by atoms with Crippen LogP contribution < -0.4 is 0 Å². The summed E-state index contributed by atoms with van der Waals surface area (Å²) in [5.74, 6) is 0.387. The minimum absolute atomic E-state index is 0.0981. The van der Waals surface area contributed by atoms with E-state index < -0.39 is 22.7 Å². The van der Waals surface area contributed by atoms with Crippen molar-refractivity contribution in [2.45, 2.75) is 119 Å². The lowest BCUT2D eigenvalue weighted by Crippen LogP contribution is -2.10. The van der Waals surface area contributed by atoms with Crippen molar-refractivity contribution in [2.75, 3.05) is 37.1 Å². The molecule has 0 aromatic heterocycles. The maximum absolute atomic E-state index is 13.6. The maximum Gasteiger partial charge on any atom is 0.316 e. The van der Waals surface area contributed by atoms with E-state index in [-0.39, 0.29) is 17.3 Å². The van der Waals surface area contributed by atoms with Crippen LogP contribution in [0.1, 0.15) is 119 Å². The molecule has 41 heavy (non-hydrogen) atoms. The molecule has 0 N–H and O–H groups in total. The Hall–Kier alpha value is -0.310. The van der Waals surface area contributed by atoms with Crippen molar-refractivity contribution in [3.63, 3.8) is 0 Å². The summed E-state index contributed by atoms with van der Waals surface area (Å²) in [7, 11) is 0. The fourth-order valence-corrected chi connectivity index (χ4v) is 12.8. The number of carbonyl (C=O) groups is 3. The van der Waals surface area contributed by atoms with Gasteiger partial charge in [0.15, 0.2) is 0 Å². The summed E-state index contributed by atoms with van der Waals surface area (Å²) in [5, 5.41) is 0. The molecule has 0 saturated carbocycles. The SMILES string of the molecule is CC(C)CCCCCOC(=O)CSP(=O)(SCC(=O)OCCCCCC(C)C)SCC(=O)OCCCCCC(C)C. The van der Waals surface area contributed by atoms with E-state index >= 15 is 0 Å². The zero-order valence-corrected chi connectivity index (χ0v) is 29.8. The molecule has 0 saturated heterocycles. The Bertz CT molecular complexity index is 652. The second-order valence-electron chi connectivity index (χ2n) is 11.7. The molecule has 0 aromatic rings. The van der Waals surface area contributed by atoms with Crippen molar-refractivity contribution < 1.29 is 33.2 Å². The van der Waals surface area contributed by atoms with E-state index in [1.54, 1.807) is 0 Å². The van der Waals surface area contributed by atoms with Crippen LogP contribution in [0.4, 0.5) is 0 Å². The number of esters is 3. The molecule has 0 heterocycles. The maximum atomic E-state index is 13.6. The largest absolute Gasteiger partial charge is 0.465 e. The first-order valence-electron chi connectivity index (χ1n) is 15.4. The Balaban J connectivity index is 4.60. The van der Waals surface area contributed by atoms with Gasteiger partial charge in [0, 0.05) is 0 Å². The Labute approximate surface area is 262 Å². The molecule has 0 aromatic carbocycles. The van der Waals surface area contributed by atoms with Gasteiger partial charge in [0.25, 0.3) is 0 Å². The van der Waals surface area contributed by atoms with Gasteiger partial charge >= 0.3 is 17.9 Å². The minimum atomic E-state index is -3.22. The lowest BCUT2D eigenvalue weighted by Gasteiger charge is -2.16. The minimum Gasteiger partial charge on any atom is -0.465 e.